The highest BCUT2D eigenvalue weighted by atomic mass is 32.2. The van der Waals surface area contributed by atoms with Crippen LogP contribution in [0.2, 0.25) is 0 Å². The molecule has 12 heteroatoms. The van der Waals surface area contributed by atoms with Crippen LogP contribution in [0.15, 0.2) is 83.5 Å². The Morgan fingerprint density at radius 2 is 1.67 bits per heavy atom. The molecule has 1 heterocycles. The van der Waals surface area contributed by atoms with Crippen molar-refractivity contribution in [1.29, 1.82) is 0 Å². The standard InChI is InChI=1S/C27H22F3N3O5S/c1-36-22-14-8-9-17(24(22)37-2)15-20-25(35)33(18-10-4-3-5-11-18)26(32-20)39-16-23(34)31-19-12-6-7-13-21(19)38-27(28,29)30/h3-15H,16H2,1-2H3,(H,31,34). The number of carbonyl (C=O) groups excluding carboxylic acids is 2. The van der Waals surface area contributed by atoms with Gasteiger partial charge in [0.25, 0.3) is 5.91 Å². The number of aliphatic imine (C=N–C) groups is 1. The van der Waals surface area contributed by atoms with Gasteiger partial charge in [-0.1, -0.05) is 54.2 Å². The Morgan fingerprint density at radius 1 is 0.974 bits per heavy atom. The molecule has 0 aromatic heterocycles. The molecule has 4 rings (SSSR count). The Bertz CT molecular complexity index is 1430. The number of hydrogen-bond donors (Lipinski definition) is 1. The number of nitrogens with one attached hydrogen (secondary N) is 1. The fourth-order valence-corrected chi connectivity index (χ4v) is 4.48. The van der Waals surface area contributed by atoms with Gasteiger partial charge in [-0.15, -0.1) is 13.2 Å². The molecule has 1 aliphatic heterocycles. The maximum absolute atomic E-state index is 13.4. The molecule has 0 spiro atoms. The second kappa shape index (κ2) is 11.9. The molecule has 1 aliphatic rings. The number of nitrogens with zero attached hydrogens (tertiary/aromatic N) is 2. The average molecular weight is 558 g/mol. The largest absolute Gasteiger partial charge is 0.573 e. The normalized spacial score (nSPS) is 14.3. The molecule has 0 radical (unpaired) electrons. The Balaban J connectivity index is 1.59. The molecule has 39 heavy (non-hydrogen) atoms. The minimum Gasteiger partial charge on any atom is -0.493 e. The van der Waals surface area contributed by atoms with Crippen molar-refractivity contribution in [3.63, 3.8) is 0 Å². The van der Waals surface area contributed by atoms with Crippen molar-refractivity contribution in [1.82, 2.24) is 0 Å². The van der Waals surface area contributed by atoms with Crippen LogP contribution in [0.4, 0.5) is 24.5 Å². The van der Waals surface area contributed by atoms with Gasteiger partial charge in [-0.2, -0.15) is 0 Å². The number of amidine groups is 1. The first kappa shape index (κ1) is 27.6. The summed E-state index contributed by atoms with van der Waals surface area (Å²) in [4.78, 5) is 31.9. The second-order valence-corrected chi connectivity index (χ2v) is 8.81. The third-order valence-electron chi connectivity index (χ3n) is 5.29. The van der Waals surface area contributed by atoms with Crippen molar-refractivity contribution in [2.24, 2.45) is 4.99 Å². The molecule has 0 aliphatic carbocycles. The number of hydrogen-bond acceptors (Lipinski definition) is 7. The lowest BCUT2D eigenvalue weighted by Gasteiger charge is -2.18. The zero-order valence-electron chi connectivity index (χ0n) is 20.7. The minimum absolute atomic E-state index is 0.0947. The molecule has 3 aromatic rings. The molecule has 0 atom stereocenters. The number of rotatable bonds is 8. The Labute approximate surface area is 226 Å². The fourth-order valence-electron chi connectivity index (χ4n) is 3.67. The molecule has 0 saturated carbocycles. The molecule has 3 aromatic carbocycles. The SMILES string of the molecule is COc1cccc(C=C2N=C(SCC(=O)Nc3ccccc3OC(F)(F)F)N(c3ccccc3)C2=O)c1OC. The van der Waals surface area contributed by atoms with E-state index in [0.717, 1.165) is 17.8 Å². The van der Waals surface area contributed by atoms with E-state index < -0.39 is 23.9 Å². The smallest absolute Gasteiger partial charge is 0.493 e. The number of anilines is 2. The number of para-hydroxylation sites is 4. The summed E-state index contributed by atoms with van der Waals surface area (Å²) in [6.07, 6.45) is -3.36. The molecule has 2 amide bonds. The van der Waals surface area contributed by atoms with E-state index >= 15 is 0 Å². The lowest BCUT2D eigenvalue weighted by Crippen LogP contribution is -2.31. The highest BCUT2D eigenvalue weighted by Crippen LogP contribution is 2.35. The van der Waals surface area contributed by atoms with Crippen LogP contribution >= 0.6 is 11.8 Å². The van der Waals surface area contributed by atoms with Crippen molar-refractivity contribution >= 4 is 46.2 Å². The highest BCUT2D eigenvalue weighted by Gasteiger charge is 2.34. The summed E-state index contributed by atoms with van der Waals surface area (Å²) in [5, 5.41) is 2.63. The fraction of sp³-hybridized carbons (Fsp3) is 0.148. The number of halogens is 3. The zero-order valence-corrected chi connectivity index (χ0v) is 21.5. The van der Waals surface area contributed by atoms with Crippen LogP contribution in [-0.2, 0) is 9.59 Å². The number of methoxy groups -OCH3 is 2. The second-order valence-electron chi connectivity index (χ2n) is 7.86. The first-order valence-corrected chi connectivity index (χ1v) is 12.4. The van der Waals surface area contributed by atoms with E-state index in [9.17, 15) is 22.8 Å². The third-order valence-corrected chi connectivity index (χ3v) is 6.23. The topological polar surface area (TPSA) is 89.5 Å². The van der Waals surface area contributed by atoms with Crippen LogP contribution in [-0.4, -0.2) is 43.3 Å². The summed E-state index contributed by atoms with van der Waals surface area (Å²) < 4.78 is 52.9. The van der Waals surface area contributed by atoms with Crippen molar-refractivity contribution in [2.45, 2.75) is 6.36 Å². The van der Waals surface area contributed by atoms with Gasteiger partial charge in [0, 0.05) is 5.56 Å². The molecule has 0 bridgehead atoms. The quantitative estimate of drug-likeness (QED) is 0.357. The van der Waals surface area contributed by atoms with E-state index in [-0.39, 0.29) is 22.3 Å². The van der Waals surface area contributed by atoms with E-state index in [4.69, 9.17) is 9.47 Å². The number of amides is 2. The van der Waals surface area contributed by atoms with Crippen molar-refractivity contribution in [3.8, 4) is 17.2 Å². The minimum atomic E-state index is -4.92. The molecule has 0 saturated heterocycles. The van der Waals surface area contributed by atoms with Crippen LogP contribution in [0, 0.1) is 0 Å². The van der Waals surface area contributed by atoms with E-state index in [2.05, 4.69) is 15.0 Å². The van der Waals surface area contributed by atoms with Gasteiger partial charge in [0.05, 0.1) is 31.3 Å². The molecule has 8 nitrogen and oxygen atoms in total. The van der Waals surface area contributed by atoms with E-state index in [0.29, 0.717) is 22.7 Å². The number of benzene rings is 3. The molecular weight excluding hydrogens is 535 g/mol. The van der Waals surface area contributed by atoms with Gasteiger partial charge < -0.3 is 19.5 Å². The van der Waals surface area contributed by atoms with Crippen LogP contribution < -0.4 is 24.4 Å². The maximum Gasteiger partial charge on any atom is 0.573 e. The van der Waals surface area contributed by atoms with Crippen LogP contribution in [0.5, 0.6) is 17.2 Å². The molecular formula is C27H22F3N3O5S. The zero-order chi connectivity index (χ0) is 28.0. The summed E-state index contributed by atoms with van der Waals surface area (Å²) in [5.74, 6) is -0.943. The monoisotopic (exact) mass is 557 g/mol. The van der Waals surface area contributed by atoms with E-state index in [1.54, 1.807) is 54.6 Å². The molecule has 0 unspecified atom stereocenters. The molecule has 1 N–H and O–H groups in total. The van der Waals surface area contributed by atoms with Gasteiger partial charge in [0.2, 0.25) is 5.91 Å². The van der Waals surface area contributed by atoms with Gasteiger partial charge in [0.15, 0.2) is 22.4 Å². The summed E-state index contributed by atoms with van der Waals surface area (Å²) in [7, 11) is 2.98. The van der Waals surface area contributed by atoms with Crippen LogP contribution in [0.1, 0.15) is 5.56 Å². The highest BCUT2D eigenvalue weighted by molar-refractivity contribution is 8.14. The van der Waals surface area contributed by atoms with Crippen molar-refractivity contribution in [2.75, 3.05) is 30.2 Å². The molecule has 0 fully saturated rings. The average Bonchev–Trinajstić information content (AvgIpc) is 3.22. The number of thioether (sulfide) groups is 1. The maximum atomic E-state index is 13.4. The summed E-state index contributed by atoms with van der Waals surface area (Å²) >= 11 is 0.952. The Morgan fingerprint density at radius 3 is 2.36 bits per heavy atom. The Hall–Kier alpha value is -4.45. The lowest BCUT2D eigenvalue weighted by atomic mass is 10.1. The van der Waals surface area contributed by atoms with Gasteiger partial charge in [-0.05, 0) is 36.4 Å². The third kappa shape index (κ3) is 6.71. The summed E-state index contributed by atoms with van der Waals surface area (Å²) in [5.41, 5.74) is 1.04. The first-order valence-electron chi connectivity index (χ1n) is 11.4. The Kier molecular flexibility index (Phi) is 8.45. The predicted octanol–water partition coefficient (Wildman–Crippen LogP) is 5.72. The van der Waals surface area contributed by atoms with Gasteiger partial charge in [-0.25, -0.2) is 4.99 Å². The van der Waals surface area contributed by atoms with Gasteiger partial charge in [0.1, 0.15) is 5.70 Å². The number of ether oxygens (including phenoxy) is 3. The van der Waals surface area contributed by atoms with Crippen LogP contribution in [0.3, 0.4) is 0 Å². The molecule has 202 valence electrons. The van der Waals surface area contributed by atoms with E-state index in [1.807, 2.05) is 0 Å². The van der Waals surface area contributed by atoms with E-state index in [1.165, 1.54) is 37.3 Å². The summed E-state index contributed by atoms with van der Waals surface area (Å²) in [6.45, 7) is 0. The van der Waals surface area contributed by atoms with Crippen LogP contribution in [0.25, 0.3) is 6.08 Å². The van der Waals surface area contributed by atoms with Crippen molar-refractivity contribution in [3.05, 3.63) is 84.1 Å². The number of carbonyl (C=O) groups is 2. The van der Waals surface area contributed by atoms with Crippen molar-refractivity contribution < 1.29 is 37.0 Å². The summed E-state index contributed by atoms with van der Waals surface area (Å²) in [6, 6.07) is 19.1. The predicted molar refractivity (Wildman–Crippen MR) is 143 cm³/mol. The lowest BCUT2D eigenvalue weighted by molar-refractivity contribution is -0.274. The van der Waals surface area contributed by atoms with Gasteiger partial charge >= 0.3 is 6.36 Å². The van der Waals surface area contributed by atoms with Gasteiger partial charge in [-0.3, -0.25) is 14.5 Å². The first-order chi connectivity index (χ1) is 18.7. The number of alkyl halides is 3.